The van der Waals surface area contributed by atoms with E-state index >= 15 is 24.0 Å². The van der Waals surface area contributed by atoms with Crippen LogP contribution in [0.5, 0.6) is 40.2 Å². The van der Waals surface area contributed by atoms with Crippen molar-refractivity contribution in [3.8, 4) is 40.2 Å². The van der Waals surface area contributed by atoms with E-state index in [0.717, 1.165) is 42.5 Å². The quantitative estimate of drug-likeness (QED) is 0.0674. The molecule has 0 spiro atoms. The maximum absolute atomic E-state index is 16.4. The third-order valence-corrected chi connectivity index (χ3v) is 20.9. The first-order valence-corrected chi connectivity index (χ1v) is 36.2. The lowest BCUT2D eigenvalue weighted by Crippen LogP contribution is -2.64. The summed E-state index contributed by atoms with van der Waals surface area (Å²) in [7, 11) is 3.23. The number of halogens is 1. The molecule has 37 heteroatoms. The fourth-order valence-corrected chi connectivity index (χ4v) is 14.9. The number of hydrogen-bond acceptors (Lipinski definition) is 28. The second-order valence-corrected chi connectivity index (χ2v) is 30.5. The number of aliphatic hydroxyl groups excluding tert-OH is 7. The molecule has 7 amide bonds. The van der Waals surface area contributed by atoms with Gasteiger partial charge in [0.25, 0.3) is 0 Å². The molecule has 9 aliphatic rings. The van der Waals surface area contributed by atoms with Gasteiger partial charge in [0.05, 0.1) is 54.6 Å². The zero-order valence-corrected chi connectivity index (χ0v) is 62.2. The molecule has 8 heterocycles. The summed E-state index contributed by atoms with van der Waals surface area (Å²) in [5.41, 5.74) is 14.3. The van der Waals surface area contributed by atoms with Gasteiger partial charge in [-0.15, -0.1) is 0 Å². The number of nitrogens with one attached hydrogen (secondary N) is 6. The Kier molecular flexibility index (Phi) is 24.8. The van der Waals surface area contributed by atoms with Crippen molar-refractivity contribution in [2.24, 2.45) is 23.1 Å². The summed E-state index contributed by atoms with van der Waals surface area (Å²) in [6.07, 6.45) is -20.6. The van der Waals surface area contributed by atoms with Crippen LogP contribution in [-0.2, 0) is 62.0 Å². The third kappa shape index (κ3) is 17.9. The largest absolute Gasteiger partial charge is 0.508 e. The lowest BCUT2D eigenvalue weighted by molar-refractivity contribution is -0.333. The number of phenols is 2. The number of aliphatic carboxylic acids is 1. The molecule has 602 valence electrons. The number of carboxylic acids is 1. The Morgan fingerprint density at radius 1 is 0.721 bits per heavy atom. The molecule has 3 saturated heterocycles. The molecule has 1 aliphatic carbocycles. The van der Waals surface area contributed by atoms with E-state index in [1.54, 1.807) is 19.0 Å². The summed E-state index contributed by atoms with van der Waals surface area (Å²) in [4.78, 5) is 122. The van der Waals surface area contributed by atoms with E-state index in [1.807, 2.05) is 13.8 Å². The van der Waals surface area contributed by atoms with Crippen LogP contribution in [0.4, 0.5) is 0 Å². The van der Waals surface area contributed by atoms with Crippen molar-refractivity contribution in [3.63, 3.8) is 0 Å². The highest BCUT2D eigenvalue weighted by Gasteiger charge is 2.53. The molecule has 3 unspecified atom stereocenters. The molecule has 0 aromatic heterocycles. The minimum atomic E-state index is -2.33. The number of hydrogen-bond donors (Lipinski definition) is 19. The van der Waals surface area contributed by atoms with Crippen molar-refractivity contribution in [1.29, 1.82) is 0 Å². The number of fused-ring (bicyclic) bond motifs is 14. The van der Waals surface area contributed by atoms with E-state index < -0.39 is 256 Å². The first-order valence-electron chi connectivity index (χ1n) is 35.8. The highest BCUT2D eigenvalue weighted by molar-refractivity contribution is 6.32. The summed E-state index contributed by atoms with van der Waals surface area (Å²) in [5.74, 6) is -16.1. The predicted molar refractivity (Wildman–Crippen MR) is 385 cm³/mol. The second-order valence-electron chi connectivity index (χ2n) is 30.1. The van der Waals surface area contributed by atoms with Crippen LogP contribution in [0.3, 0.4) is 0 Å². The molecule has 11 bridgehead atoms. The lowest BCUT2D eigenvalue weighted by Gasteiger charge is -2.47. The zero-order chi connectivity index (χ0) is 80.9. The van der Waals surface area contributed by atoms with Gasteiger partial charge >= 0.3 is 5.97 Å². The Morgan fingerprint density at radius 3 is 1.93 bits per heavy atom. The predicted octanol–water partition coefficient (Wildman–Crippen LogP) is -1.07. The van der Waals surface area contributed by atoms with E-state index in [4.69, 9.17) is 66.7 Å². The molecule has 36 nitrogen and oxygen atoms in total. The van der Waals surface area contributed by atoms with Crippen LogP contribution >= 0.6 is 11.6 Å². The molecule has 0 saturated carbocycles. The molecular formula is C74H93ClN10O26. The Morgan fingerprint density at radius 2 is 1.33 bits per heavy atom. The van der Waals surface area contributed by atoms with Crippen molar-refractivity contribution in [1.82, 2.24) is 36.8 Å². The van der Waals surface area contributed by atoms with Crippen LogP contribution in [0, 0.1) is 5.92 Å². The van der Waals surface area contributed by atoms with E-state index in [9.17, 15) is 65.4 Å². The maximum atomic E-state index is 16.4. The molecule has 4 aromatic carbocycles. The number of nitrogens with two attached hydrogens (primary N) is 3. The normalized spacial score (nSPS) is 34.1. The van der Waals surface area contributed by atoms with Gasteiger partial charge in [-0.05, 0) is 124 Å². The van der Waals surface area contributed by atoms with Gasteiger partial charge < -0.3 is 138 Å². The fourth-order valence-electron chi connectivity index (χ4n) is 14.7. The average molecular weight is 1570 g/mol. The number of carbonyl (C=O) groups is 8. The number of likely N-dealkylation sites (N-methyl/N-ethyl adjacent to an activating group) is 1. The van der Waals surface area contributed by atoms with E-state index in [-0.39, 0.29) is 53.4 Å². The molecule has 3 fully saturated rings. The van der Waals surface area contributed by atoms with Gasteiger partial charge in [-0.3, -0.25) is 38.5 Å². The SMILES string of the molecule is CC(C)C[C@@H](C(=O)N[C@H]1C(=O)N[C@H](CC(N)=O)C(=O)N[C@H]2C(=O)N[C@H]3C(=O)N[C@@H](C(=O)NC(C(=O)O)c4cc(O)cc(O)c4C4C=C3C=CC4O)[C@@H](O[C@H]3C[C@](C)(N)[C@H](O)[C@@H](C)O3)c3ccc(c(Cl)c3)Oc3cc2cc(c3O[C@H]2O[C@@H](CO)[C@@H](O)[C@H](O)[C@@H]2O[C@H]2C[C@](C)(N)[C@H](O)[C@@H](C)O2)Oc2ccc(cc2)[C@@H]1O)N(C)C. The highest BCUT2D eigenvalue weighted by Crippen LogP contribution is 2.49. The van der Waals surface area contributed by atoms with Gasteiger partial charge in [-0.2, -0.15) is 0 Å². The van der Waals surface area contributed by atoms with Crippen molar-refractivity contribution in [3.05, 3.63) is 123 Å². The zero-order valence-electron chi connectivity index (χ0n) is 61.5. The highest BCUT2D eigenvalue weighted by atomic mass is 35.5. The average Bonchev–Trinajstić information content (AvgIpc) is 0.773. The van der Waals surface area contributed by atoms with Gasteiger partial charge in [0.15, 0.2) is 36.2 Å². The van der Waals surface area contributed by atoms with Gasteiger partial charge in [0, 0.05) is 41.5 Å². The van der Waals surface area contributed by atoms with Gasteiger partial charge in [0.1, 0.15) is 83.7 Å². The Bertz CT molecular complexity index is 4280. The number of nitrogens with zero attached hydrogens (tertiary/aromatic N) is 1. The molecule has 111 heavy (non-hydrogen) atoms. The molecule has 22 N–H and O–H groups in total. The number of amides is 7. The van der Waals surface area contributed by atoms with Gasteiger partial charge in [-0.25, -0.2) is 4.79 Å². The Labute approximate surface area is 640 Å². The van der Waals surface area contributed by atoms with Gasteiger partial charge in [-0.1, -0.05) is 61.9 Å². The minimum Gasteiger partial charge on any atom is -0.508 e. The maximum Gasteiger partial charge on any atom is 0.330 e. The second kappa shape index (κ2) is 33.2. The number of rotatable bonds is 15. The monoisotopic (exact) mass is 1570 g/mol. The fraction of sp³-hybridized carbons (Fsp3) is 0.514. The standard InChI is InChI=1S/C74H93ClN10O26/c1-28(2)17-41(85(7)8)66(97)83-55-57(91)31-9-13-36(14-10-31)106-45-20-34-21-46(61(45)111-72-62(59(93)58(92)47(27-86)108-72)110-50-26-74(6,78)64(95)30(4)105-50)107-44-16-12-33(19-39(44)75)60(109-49-25-73(5,77)63(94)29(3)104-49)56-70(101)82-54(71(102)103)38-22-35(87)23-43(89)51(38)37-18-32(11-15-42(37)88)52(67(98)84-56)81-68(99)53(34)80-65(96)40(24-48(76)90)79-69(55)100/h9-16,18-23,28-30,37,40-42,47,49-50,52-60,62-64,72,86-89,91-95H,17,24-27,77-78H2,1-8H3,(H2,76,90)(H,79,100)(H,80,96)(H,81,99)(H,82,101)(H,83,97)(H,84,98)(H,102,103)/t29-,30-,37?,40-,41+,42?,47+,49+,50+,52-,53-,54?,55-,56-,57+,58-,59+,60+,62+,63-,64-,72-,73+,74+/m1/s1. The number of aliphatic hydroxyl groups is 7. The van der Waals surface area contributed by atoms with E-state index in [2.05, 4.69) is 31.9 Å². The number of ether oxygens (including phenoxy) is 8. The number of aromatic hydroxyl groups is 2. The number of phenolic OH excluding ortho intramolecular Hbond substituents is 2. The van der Waals surface area contributed by atoms with Crippen LogP contribution in [0.25, 0.3) is 0 Å². The lowest BCUT2D eigenvalue weighted by atomic mass is 9.80. The summed E-state index contributed by atoms with van der Waals surface area (Å²) in [6.45, 7) is 8.71. The first kappa shape index (κ1) is 82.8. The molecule has 0 radical (unpaired) electrons. The smallest absolute Gasteiger partial charge is 0.330 e. The van der Waals surface area contributed by atoms with Crippen LogP contribution in [-0.4, -0.2) is 239 Å². The number of carboxylic acid groups (broad SMARTS) is 1. The van der Waals surface area contributed by atoms with Crippen LogP contribution in [0.1, 0.15) is 125 Å². The number of primary amides is 1. The summed E-state index contributed by atoms with van der Waals surface area (Å²) in [5, 5.41) is 129. The topological polar surface area (TPSA) is 566 Å². The Hall–Kier alpha value is -9.19. The van der Waals surface area contributed by atoms with Crippen LogP contribution in [0.15, 0.2) is 90.5 Å². The van der Waals surface area contributed by atoms with Crippen molar-refractivity contribution in [2.75, 3.05) is 20.7 Å². The number of carbonyl (C=O) groups excluding carboxylic acids is 7. The number of benzene rings is 4. The molecule has 4 aromatic rings. The third-order valence-electron chi connectivity index (χ3n) is 20.6. The molecule has 13 rings (SSSR count). The van der Waals surface area contributed by atoms with Crippen LogP contribution in [0.2, 0.25) is 5.02 Å². The summed E-state index contributed by atoms with van der Waals surface area (Å²) >= 11 is 7.35. The Balaban J connectivity index is 1.18. The minimum absolute atomic E-state index is 0.0480. The van der Waals surface area contributed by atoms with E-state index in [1.165, 1.54) is 70.2 Å². The summed E-state index contributed by atoms with van der Waals surface area (Å²) < 4.78 is 51.8. The van der Waals surface area contributed by atoms with Crippen molar-refractivity contribution in [2.45, 2.75) is 213 Å². The van der Waals surface area contributed by atoms with Crippen LogP contribution < -0.4 is 63.3 Å². The molecule has 24 atom stereocenters. The summed E-state index contributed by atoms with van der Waals surface area (Å²) in [6, 6.07) is -1.32. The van der Waals surface area contributed by atoms with Gasteiger partial charge in [0.2, 0.25) is 53.4 Å². The molecule has 8 aliphatic heterocycles. The first-order chi connectivity index (χ1) is 52.2. The van der Waals surface area contributed by atoms with E-state index in [0.29, 0.717) is 0 Å². The molecular weight excluding hydrogens is 1480 g/mol. The van der Waals surface area contributed by atoms with Crippen molar-refractivity contribution < 1.29 is 127 Å². The van der Waals surface area contributed by atoms with Crippen molar-refractivity contribution >= 4 is 58.9 Å².